The van der Waals surface area contributed by atoms with Gasteiger partial charge < -0.3 is 10.5 Å². The van der Waals surface area contributed by atoms with E-state index >= 15 is 0 Å². The maximum atomic E-state index is 5.67. The first-order valence-corrected chi connectivity index (χ1v) is 6.43. The van der Waals surface area contributed by atoms with Crippen LogP contribution in [0.25, 0.3) is 0 Å². The molecule has 0 atom stereocenters. The third-order valence-corrected chi connectivity index (χ3v) is 3.31. The average Bonchev–Trinajstić information content (AvgIpc) is 3.11. The molecule has 0 unspecified atom stereocenters. The van der Waals surface area contributed by atoms with Crippen LogP contribution in [0.4, 0.5) is 0 Å². The molecule has 0 spiro atoms. The maximum absolute atomic E-state index is 5.67. The second-order valence-corrected chi connectivity index (χ2v) is 4.86. The Kier molecular flexibility index (Phi) is 2.78. The Labute approximate surface area is 104 Å². The molecule has 0 saturated heterocycles. The van der Waals surface area contributed by atoms with Crippen molar-refractivity contribution in [2.75, 3.05) is 0 Å². The van der Waals surface area contributed by atoms with Crippen molar-refractivity contribution >= 4 is 11.5 Å². The van der Waals surface area contributed by atoms with Crippen molar-refractivity contribution in [3.8, 4) is 10.9 Å². The Morgan fingerprint density at radius 1 is 1.41 bits per heavy atom. The lowest BCUT2D eigenvalue weighted by molar-refractivity contribution is 0.476. The topological polar surface area (TPSA) is 61.0 Å². The fourth-order valence-electron chi connectivity index (χ4n) is 1.61. The van der Waals surface area contributed by atoms with Crippen molar-refractivity contribution in [2.45, 2.75) is 25.3 Å². The van der Waals surface area contributed by atoms with Gasteiger partial charge in [-0.2, -0.15) is 9.36 Å². The SMILES string of the molecule is NCc1cccc(Oc2nc(C3CC3)ns2)c1. The minimum absolute atomic E-state index is 0.515. The van der Waals surface area contributed by atoms with Gasteiger partial charge >= 0.3 is 0 Å². The Hall–Kier alpha value is -1.46. The fraction of sp³-hybridized carbons (Fsp3) is 0.333. The molecule has 2 N–H and O–H groups in total. The number of nitrogens with zero attached hydrogens (tertiary/aromatic N) is 2. The first kappa shape index (κ1) is 10.7. The van der Waals surface area contributed by atoms with E-state index in [2.05, 4.69) is 9.36 Å². The van der Waals surface area contributed by atoms with Crippen molar-refractivity contribution in [2.24, 2.45) is 5.73 Å². The Bertz CT molecular complexity index is 522. The number of ether oxygens (including phenoxy) is 1. The molecule has 1 heterocycles. The highest BCUT2D eigenvalue weighted by Crippen LogP contribution is 2.40. The molecule has 0 aliphatic heterocycles. The van der Waals surface area contributed by atoms with Crippen LogP contribution in [0.3, 0.4) is 0 Å². The van der Waals surface area contributed by atoms with Crippen LogP contribution in [0.5, 0.6) is 10.9 Å². The van der Waals surface area contributed by atoms with E-state index in [1.165, 1.54) is 24.4 Å². The van der Waals surface area contributed by atoms with Gasteiger partial charge in [0.2, 0.25) is 0 Å². The van der Waals surface area contributed by atoms with E-state index in [1.54, 1.807) is 0 Å². The molecule has 0 radical (unpaired) electrons. The van der Waals surface area contributed by atoms with E-state index < -0.39 is 0 Å². The Morgan fingerprint density at radius 3 is 3.06 bits per heavy atom. The van der Waals surface area contributed by atoms with E-state index in [4.69, 9.17) is 10.5 Å². The summed E-state index contributed by atoms with van der Waals surface area (Å²) in [5.74, 6) is 2.27. The van der Waals surface area contributed by atoms with Gasteiger partial charge in [-0.3, -0.25) is 0 Å². The molecule has 0 amide bonds. The van der Waals surface area contributed by atoms with E-state index in [-0.39, 0.29) is 0 Å². The van der Waals surface area contributed by atoms with Gasteiger partial charge in [-0.25, -0.2) is 0 Å². The molecule has 3 rings (SSSR count). The predicted octanol–water partition coefficient (Wildman–Crippen LogP) is 2.67. The highest BCUT2D eigenvalue weighted by Gasteiger charge is 2.28. The number of hydrogen-bond acceptors (Lipinski definition) is 5. The van der Waals surface area contributed by atoms with Gasteiger partial charge in [-0.05, 0) is 30.5 Å². The van der Waals surface area contributed by atoms with Crippen molar-refractivity contribution in [1.29, 1.82) is 0 Å². The zero-order valence-corrected chi connectivity index (χ0v) is 10.1. The van der Waals surface area contributed by atoms with Gasteiger partial charge in [-0.1, -0.05) is 12.1 Å². The molecule has 0 bridgehead atoms. The van der Waals surface area contributed by atoms with Crippen LogP contribution < -0.4 is 10.5 Å². The van der Waals surface area contributed by atoms with Crippen LogP contribution in [-0.4, -0.2) is 9.36 Å². The molecule has 1 aliphatic rings. The van der Waals surface area contributed by atoms with Crippen molar-refractivity contribution in [3.05, 3.63) is 35.7 Å². The van der Waals surface area contributed by atoms with Gasteiger partial charge in [0.15, 0.2) is 0 Å². The zero-order chi connectivity index (χ0) is 11.7. The standard InChI is InChI=1S/C12H13N3OS/c13-7-8-2-1-3-10(6-8)16-12-14-11(15-17-12)9-4-5-9/h1-3,6,9H,4-5,7,13H2. The molecule has 5 heteroatoms. The lowest BCUT2D eigenvalue weighted by atomic mass is 10.2. The van der Waals surface area contributed by atoms with Gasteiger partial charge in [0.25, 0.3) is 5.19 Å². The monoisotopic (exact) mass is 247 g/mol. The van der Waals surface area contributed by atoms with E-state index in [9.17, 15) is 0 Å². The highest BCUT2D eigenvalue weighted by molar-refractivity contribution is 7.07. The second kappa shape index (κ2) is 4.43. The molecule has 1 saturated carbocycles. The molecule has 1 aromatic heterocycles. The molecule has 1 fully saturated rings. The van der Waals surface area contributed by atoms with E-state index in [1.807, 2.05) is 24.3 Å². The number of aromatic nitrogens is 2. The minimum atomic E-state index is 0.515. The molecular formula is C12H13N3OS. The van der Waals surface area contributed by atoms with E-state index in [0.717, 1.165) is 17.1 Å². The molecule has 17 heavy (non-hydrogen) atoms. The number of rotatable bonds is 4. The normalized spacial score (nSPS) is 14.9. The van der Waals surface area contributed by atoms with Gasteiger partial charge in [-0.15, -0.1) is 0 Å². The lowest BCUT2D eigenvalue weighted by Crippen LogP contribution is -1.96. The van der Waals surface area contributed by atoms with Crippen LogP contribution in [0.15, 0.2) is 24.3 Å². The minimum Gasteiger partial charge on any atom is -0.430 e. The number of hydrogen-bond donors (Lipinski definition) is 1. The molecule has 1 aromatic carbocycles. The summed E-state index contributed by atoms with van der Waals surface area (Å²) in [7, 11) is 0. The molecule has 1 aliphatic carbocycles. The summed E-state index contributed by atoms with van der Waals surface area (Å²) in [6.45, 7) is 0.515. The first-order valence-electron chi connectivity index (χ1n) is 5.65. The maximum Gasteiger partial charge on any atom is 0.298 e. The second-order valence-electron chi connectivity index (χ2n) is 4.15. The number of benzene rings is 1. The molecule has 2 aromatic rings. The first-order chi connectivity index (χ1) is 8.35. The summed E-state index contributed by atoms with van der Waals surface area (Å²) in [6.07, 6.45) is 2.41. The van der Waals surface area contributed by atoms with Gasteiger partial charge in [0.05, 0.1) is 0 Å². The predicted molar refractivity (Wildman–Crippen MR) is 66.3 cm³/mol. The van der Waals surface area contributed by atoms with Crippen LogP contribution in [0.2, 0.25) is 0 Å². The summed E-state index contributed by atoms with van der Waals surface area (Å²) in [5.41, 5.74) is 6.63. The Morgan fingerprint density at radius 2 is 2.29 bits per heavy atom. The quantitative estimate of drug-likeness (QED) is 0.902. The summed E-state index contributed by atoms with van der Waals surface area (Å²) in [4.78, 5) is 4.38. The molecule has 88 valence electrons. The summed E-state index contributed by atoms with van der Waals surface area (Å²) in [5, 5.41) is 0.612. The average molecular weight is 247 g/mol. The van der Waals surface area contributed by atoms with E-state index in [0.29, 0.717) is 17.7 Å². The summed E-state index contributed by atoms with van der Waals surface area (Å²) < 4.78 is 9.97. The lowest BCUT2D eigenvalue weighted by Gasteiger charge is -2.02. The van der Waals surface area contributed by atoms with Crippen molar-refractivity contribution < 1.29 is 4.74 Å². The van der Waals surface area contributed by atoms with Crippen LogP contribution in [0.1, 0.15) is 30.1 Å². The molecule has 4 nitrogen and oxygen atoms in total. The Balaban J connectivity index is 1.75. The smallest absolute Gasteiger partial charge is 0.298 e. The van der Waals surface area contributed by atoms with Gasteiger partial charge in [0.1, 0.15) is 11.6 Å². The van der Waals surface area contributed by atoms with Crippen LogP contribution >= 0.6 is 11.5 Å². The molecular weight excluding hydrogens is 234 g/mol. The van der Waals surface area contributed by atoms with Crippen molar-refractivity contribution in [1.82, 2.24) is 9.36 Å². The van der Waals surface area contributed by atoms with Crippen molar-refractivity contribution in [3.63, 3.8) is 0 Å². The largest absolute Gasteiger partial charge is 0.430 e. The zero-order valence-electron chi connectivity index (χ0n) is 9.30. The third kappa shape index (κ3) is 2.45. The fourth-order valence-corrected chi connectivity index (χ4v) is 2.24. The number of nitrogens with two attached hydrogens (primary N) is 1. The third-order valence-electron chi connectivity index (χ3n) is 2.70. The highest BCUT2D eigenvalue weighted by atomic mass is 32.1. The van der Waals surface area contributed by atoms with Gasteiger partial charge in [0, 0.05) is 24.0 Å². The van der Waals surface area contributed by atoms with Crippen LogP contribution in [0, 0.1) is 0 Å². The summed E-state index contributed by atoms with van der Waals surface area (Å²) >= 11 is 1.31. The van der Waals surface area contributed by atoms with Crippen LogP contribution in [-0.2, 0) is 6.54 Å². The summed E-state index contributed by atoms with van der Waals surface area (Å²) in [6, 6.07) is 7.73.